The van der Waals surface area contributed by atoms with Crippen LogP contribution in [-0.4, -0.2) is 34.6 Å². The summed E-state index contributed by atoms with van der Waals surface area (Å²) in [7, 11) is 0. The lowest BCUT2D eigenvalue weighted by molar-refractivity contribution is -0.155. The Hall–Kier alpha value is -1.39. The van der Waals surface area contributed by atoms with Gasteiger partial charge in [-0.15, -0.1) is 0 Å². The topological polar surface area (TPSA) is 66.6 Å². The summed E-state index contributed by atoms with van der Waals surface area (Å²) in [5.41, 5.74) is 7.01. The molecule has 1 aromatic carbocycles. The van der Waals surface area contributed by atoms with Crippen LogP contribution in [0.25, 0.3) is 0 Å². The summed E-state index contributed by atoms with van der Waals surface area (Å²) in [4.78, 5) is 13.9. The molecule has 1 aliphatic rings. The van der Waals surface area contributed by atoms with Crippen LogP contribution < -0.4 is 5.73 Å². The summed E-state index contributed by atoms with van der Waals surface area (Å²) in [6, 6.07) is 7.75. The fourth-order valence-corrected chi connectivity index (χ4v) is 2.67. The summed E-state index contributed by atoms with van der Waals surface area (Å²) in [5, 5.41) is 10.1. The molecule has 2 rings (SSSR count). The van der Waals surface area contributed by atoms with Crippen molar-refractivity contribution in [2.45, 2.75) is 38.3 Å². The lowest BCUT2D eigenvalue weighted by Crippen LogP contribution is -2.63. The van der Waals surface area contributed by atoms with Crippen molar-refractivity contribution in [3.8, 4) is 0 Å². The number of aliphatic hydroxyl groups is 1. The van der Waals surface area contributed by atoms with Crippen molar-refractivity contribution in [1.29, 1.82) is 0 Å². The number of nitrogens with zero attached hydrogens (tertiary/aromatic N) is 1. The number of carbonyl (C=O) groups is 1. The zero-order valence-corrected chi connectivity index (χ0v) is 11.4. The summed E-state index contributed by atoms with van der Waals surface area (Å²) in [6.45, 7) is 3.41. The summed E-state index contributed by atoms with van der Waals surface area (Å²) in [5.74, 6) is 0.0710. The lowest BCUT2D eigenvalue weighted by Gasteiger charge is -2.46. The average Bonchev–Trinajstić information content (AvgIpc) is 2.36. The number of carbonyl (C=O) groups excluding carboxylic acids is 1. The van der Waals surface area contributed by atoms with Gasteiger partial charge in [0.2, 0.25) is 5.91 Å². The van der Waals surface area contributed by atoms with Crippen molar-refractivity contribution in [2.24, 2.45) is 5.73 Å². The van der Waals surface area contributed by atoms with E-state index in [-0.39, 0.29) is 5.91 Å². The van der Waals surface area contributed by atoms with Crippen LogP contribution in [0.15, 0.2) is 24.3 Å². The second-order valence-corrected chi connectivity index (χ2v) is 5.37. The fraction of sp³-hybridized carbons (Fsp3) is 0.533. The molecule has 4 heteroatoms. The zero-order valence-electron chi connectivity index (χ0n) is 11.4. The smallest absolute Gasteiger partial charge is 0.227 e. The Morgan fingerprint density at radius 1 is 1.37 bits per heavy atom. The number of hydrogen-bond acceptors (Lipinski definition) is 3. The molecule has 19 heavy (non-hydrogen) atoms. The van der Waals surface area contributed by atoms with Gasteiger partial charge in [0.25, 0.3) is 0 Å². The van der Waals surface area contributed by atoms with E-state index >= 15 is 0 Å². The Morgan fingerprint density at radius 3 is 2.58 bits per heavy atom. The van der Waals surface area contributed by atoms with Crippen LogP contribution in [0.5, 0.6) is 0 Å². The van der Waals surface area contributed by atoms with E-state index in [0.29, 0.717) is 26.1 Å². The third kappa shape index (κ3) is 3.14. The van der Waals surface area contributed by atoms with Gasteiger partial charge >= 0.3 is 0 Å². The molecular formula is C15H22N2O2. The summed E-state index contributed by atoms with van der Waals surface area (Å²) in [6.07, 6.45) is 2.07. The Kier molecular flexibility index (Phi) is 4.22. The van der Waals surface area contributed by atoms with Crippen LogP contribution in [0.2, 0.25) is 0 Å². The van der Waals surface area contributed by atoms with Gasteiger partial charge in [0.1, 0.15) is 0 Å². The van der Waals surface area contributed by atoms with Crippen molar-refractivity contribution in [2.75, 3.05) is 13.1 Å². The number of hydrogen-bond donors (Lipinski definition) is 2. The predicted molar refractivity (Wildman–Crippen MR) is 74.5 cm³/mol. The molecule has 4 nitrogen and oxygen atoms in total. The van der Waals surface area contributed by atoms with Crippen molar-refractivity contribution in [3.63, 3.8) is 0 Å². The highest BCUT2D eigenvalue weighted by molar-refractivity contribution is 5.80. The first-order chi connectivity index (χ1) is 9.08. The van der Waals surface area contributed by atoms with Gasteiger partial charge < -0.3 is 15.7 Å². The molecular weight excluding hydrogens is 240 g/mol. The van der Waals surface area contributed by atoms with Crippen LogP contribution >= 0.6 is 0 Å². The first-order valence-electron chi connectivity index (χ1n) is 6.85. The minimum Gasteiger partial charge on any atom is -0.386 e. The molecule has 104 valence electrons. The van der Waals surface area contributed by atoms with Gasteiger partial charge in [-0.1, -0.05) is 37.6 Å². The van der Waals surface area contributed by atoms with E-state index in [1.165, 1.54) is 0 Å². The van der Waals surface area contributed by atoms with Crippen LogP contribution in [0.1, 0.15) is 30.9 Å². The van der Waals surface area contributed by atoms with Crippen molar-refractivity contribution in [3.05, 3.63) is 35.4 Å². The Labute approximate surface area is 114 Å². The third-order valence-electron chi connectivity index (χ3n) is 3.72. The molecule has 0 bridgehead atoms. The SMILES string of the molecule is CCCC1(O)CN(C(=O)Cc2ccccc2CN)C1. The van der Waals surface area contributed by atoms with Gasteiger partial charge in [0.05, 0.1) is 25.1 Å². The highest BCUT2D eigenvalue weighted by Gasteiger charge is 2.42. The number of benzene rings is 1. The van der Waals surface area contributed by atoms with E-state index < -0.39 is 5.60 Å². The van der Waals surface area contributed by atoms with Gasteiger partial charge in [0, 0.05) is 6.54 Å². The van der Waals surface area contributed by atoms with Crippen LogP contribution in [0.3, 0.4) is 0 Å². The first-order valence-corrected chi connectivity index (χ1v) is 6.85. The van der Waals surface area contributed by atoms with Crippen molar-refractivity contribution >= 4 is 5.91 Å². The van der Waals surface area contributed by atoms with E-state index in [0.717, 1.165) is 24.0 Å². The molecule has 0 aromatic heterocycles. The molecule has 3 N–H and O–H groups in total. The zero-order chi connectivity index (χ0) is 13.9. The Bertz CT molecular complexity index is 453. The van der Waals surface area contributed by atoms with Gasteiger partial charge in [0.15, 0.2) is 0 Å². The number of amides is 1. The second kappa shape index (κ2) is 5.72. The highest BCUT2D eigenvalue weighted by atomic mass is 16.3. The third-order valence-corrected chi connectivity index (χ3v) is 3.72. The molecule has 1 aliphatic heterocycles. The maximum Gasteiger partial charge on any atom is 0.227 e. The molecule has 1 fully saturated rings. The minimum absolute atomic E-state index is 0.0710. The summed E-state index contributed by atoms with van der Waals surface area (Å²) >= 11 is 0. The monoisotopic (exact) mass is 262 g/mol. The second-order valence-electron chi connectivity index (χ2n) is 5.37. The molecule has 1 heterocycles. The molecule has 0 radical (unpaired) electrons. The first kappa shape index (κ1) is 14.0. The largest absolute Gasteiger partial charge is 0.386 e. The Balaban J connectivity index is 1.93. The average molecular weight is 262 g/mol. The maximum atomic E-state index is 12.1. The number of likely N-dealkylation sites (tertiary alicyclic amines) is 1. The molecule has 0 unspecified atom stereocenters. The van der Waals surface area contributed by atoms with Crippen LogP contribution in [0.4, 0.5) is 0 Å². The van der Waals surface area contributed by atoms with Crippen molar-refractivity contribution < 1.29 is 9.90 Å². The molecule has 0 saturated carbocycles. The molecule has 0 aliphatic carbocycles. The molecule has 0 spiro atoms. The summed E-state index contributed by atoms with van der Waals surface area (Å²) < 4.78 is 0. The van der Waals surface area contributed by atoms with Gasteiger partial charge in [-0.05, 0) is 17.5 Å². The fourth-order valence-electron chi connectivity index (χ4n) is 2.67. The minimum atomic E-state index is -0.655. The van der Waals surface area contributed by atoms with Crippen LogP contribution in [-0.2, 0) is 17.8 Å². The van der Waals surface area contributed by atoms with Gasteiger partial charge in [-0.3, -0.25) is 4.79 Å². The number of β-amino-alcohol motifs (C(OH)–C–C–N with tert-alkyl or cyclic N) is 1. The normalized spacial score (nSPS) is 17.1. The van der Waals surface area contributed by atoms with Gasteiger partial charge in [-0.2, -0.15) is 0 Å². The molecule has 1 amide bonds. The van der Waals surface area contributed by atoms with E-state index in [1.54, 1.807) is 4.90 Å². The van der Waals surface area contributed by atoms with E-state index in [4.69, 9.17) is 5.73 Å². The number of nitrogens with two attached hydrogens (primary N) is 1. The highest BCUT2D eigenvalue weighted by Crippen LogP contribution is 2.26. The maximum absolute atomic E-state index is 12.1. The van der Waals surface area contributed by atoms with Gasteiger partial charge in [-0.25, -0.2) is 0 Å². The number of rotatable bonds is 5. The standard InChI is InChI=1S/C15H22N2O2/c1-2-7-15(19)10-17(11-15)14(18)8-12-5-3-4-6-13(12)9-16/h3-6,19H,2,7-11,16H2,1H3. The van der Waals surface area contributed by atoms with E-state index in [2.05, 4.69) is 0 Å². The molecule has 0 atom stereocenters. The van der Waals surface area contributed by atoms with Crippen LogP contribution in [0, 0.1) is 0 Å². The predicted octanol–water partition coefficient (Wildman–Crippen LogP) is 1.06. The van der Waals surface area contributed by atoms with Crippen molar-refractivity contribution in [1.82, 2.24) is 4.90 Å². The molecule has 1 aromatic rings. The van der Waals surface area contributed by atoms with E-state index in [9.17, 15) is 9.90 Å². The van der Waals surface area contributed by atoms with E-state index in [1.807, 2.05) is 31.2 Å². The quantitative estimate of drug-likeness (QED) is 0.834. The lowest BCUT2D eigenvalue weighted by atomic mass is 9.88. The Morgan fingerprint density at radius 2 is 2.00 bits per heavy atom. The molecule has 1 saturated heterocycles.